The molecule has 2 heteroatoms. The summed E-state index contributed by atoms with van der Waals surface area (Å²) in [4.78, 5) is 22.1. The fraction of sp³-hybridized carbons (Fsp3) is 0.778. The Balaban J connectivity index is 2.65. The zero-order valence-corrected chi connectivity index (χ0v) is 7.14. The highest BCUT2D eigenvalue weighted by molar-refractivity contribution is 5.91. The molecule has 0 spiro atoms. The third-order valence-electron chi connectivity index (χ3n) is 2.44. The molecular weight excluding hydrogens is 140 g/mol. The van der Waals surface area contributed by atoms with Gasteiger partial charge in [-0.3, -0.25) is 9.59 Å². The summed E-state index contributed by atoms with van der Waals surface area (Å²) in [5.41, 5.74) is -0.314. The number of carbonyl (C=O) groups is 2. The molecule has 11 heavy (non-hydrogen) atoms. The lowest BCUT2D eigenvalue weighted by molar-refractivity contribution is -0.130. The first-order valence-electron chi connectivity index (χ1n) is 4.07. The maximum atomic E-state index is 11.3. The number of rotatable bonds is 2. The van der Waals surface area contributed by atoms with Crippen molar-refractivity contribution < 1.29 is 9.59 Å². The Kier molecular flexibility index (Phi) is 2.12. The highest BCUT2D eigenvalue weighted by atomic mass is 16.1. The summed E-state index contributed by atoms with van der Waals surface area (Å²) in [5.74, 6) is 0.399. The minimum absolute atomic E-state index is 0.128. The van der Waals surface area contributed by atoms with Gasteiger partial charge >= 0.3 is 0 Å². The average molecular weight is 154 g/mol. The van der Waals surface area contributed by atoms with Crippen LogP contribution >= 0.6 is 0 Å². The predicted molar refractivity (Wildman–Crippen MR) is 42.3 cm³/mol. The van der Waals surface area contributed by atoms with Crippen molar-refractivity contribution in [1.82, 2.24) is 0 Å². The first kappa shape index (κ1) is 8.44. The van der Waals surface area contributed by atoms with Crippen molar-refractivity contribution in [2.45, 2.75) is 39.5 Å². The van der Waals surface area contributed by atoms with Crippen LogP contribution < -0.4 is 0 Å². The maximum absolute atomic E-state index is 11.3. The molecule has 1 atom stereocenters. The Hall–Kier alpha value is -0.660. The van der Waals surface area contributed by atoms with Gasteiger partial charge in [0.2, 0.25) is 0 Å². The van der Waals surface area contributed by atoms with Gasteiger partial charge in [0, 0.05) is 18.3 Å². The molecule has 1 aliphatic rings. The van der Waals surface area contributed by atoms with Gasteiger partial charge in [-0.1, -0.05) is 6.92 Å². The number of ketones is 2. The summed E-state index contributed by atoms with van der Waals surface area (Å²) in [6.45, 7) is 3.46. The summed E-state index contributed by atoms with van der Waals surface area (Å²) in [5, 5.41) is 0. The first-order valence-corrected chi connectivity index (χ1v) is 4.07. The van der Waals surface area contributed by atoms with Crippen LogP contribution in [0, 0.1) is 5.41 Å². The van der Waals surface area contributed by atoms with Gasteiger partial charge in [-0.05, 0) is 19.8 Å². The normalized spacial score (nSPS) is 30.9. The van der Waals surface area contributed by atoms with Crippen molar-refractivity contribution in [2.75, 3.05) is 0 Å². The fourth-order valence-corrected chi connectivity index (χ4v) is 1.82. The van der Waals surface area contributed by atoms with Crippen LogP contribution in [0.1, 0.15) is 39.5 Å². The van der Waals surface area contributed by atoms with E-state index in [4.69, 9.17) is 0 Å². The summed E-state index contributed by atoms with van der Waals surface area (Å²) >= 11 is 0. The van der Waals surface area contributed by atoms with E-state index in [1.807, 2.05) is 6.92 Å². The molecule has 0 amide bonds. The smallest absolute Gasteiger partial charge is 0.139 e. The van der Waals surface area contributed by atoms with Gasteiger partial charge in [0.25, 0.3) is 0 Å². The number of hydrogen-bond acceptors (Lipinski definition) is 2. The lowest BCUT2D eigenvalue weighted by atomic mass is 9.83. The van der Waals surface area contributed by atoms with Gasteiger partial charge in [-0.15, -0.1) is 0 Å². The summed E-state index contributed by atoms with van der Waals surface area (Å²) in [6, 6.07) is 0. The number of carbonyl (C=O) groups excluding carboxylic acids is 2. The molecule has 1 fully saturated rings. The highest BCUT2D eigenvalue weighted by Crippen LogP contribution is 2.37. The summed E-state index contributed by atoms with van der Waals surface area (Å²) in [7, 11) is 0. The lowest BCUT2D eigenvalue weighted by Crippen LogP contribution is -2.24. The van der Waals surface area contributed by atoms with E-state index in [1.165, 1.54) is 0 Å². The third kappa shape index (κ3) is 1.67. The third-order valence-corrected chi connectivity index (χ3v) is 2.44. The molecule has 1 saturated carbocycles. The molecule has 0 heterocycles. The van der Waals surface area contributed by atoms with E-state index in [2.05, 4.69) is 0 Å². The Labute approximate surface area is 67.0 Å². The molecular formula is C9H14O2. The number of hydrogen-bond donors (Lipinski definition) is 0. The maximum Gasteiger partial charge on any atom is 0.139 e. The van der Waals surface area contributed by atoms with Crippen LogP contribution in [0.3, 0.4) is 0 Å². The van der Waals surface area contributed by atoms with E-state index in [-0.39, 0.29) is 17.0 Å². The second-order valence-corrected chi connectivity index (χ2v) is 3.72. The van der Waals surface area contributed by atoms with Crippen molar-refractivity contribution >= 4 is 11.6 Å². The Morgan fingerprint density at radius 1 is 1.64 bits per heavy atom. The van der Waals surface area contributed by atoms with E-state index < -0.39 is 0 Å². The Bertz CT molecular complexity index is 196. The van der Waals surface area contributed by atoms with E-state index in [9.17, 15) is 9.59 Å². The molecule has 0 bridgehead atoms. The van der Waals surface area contributed by atoms with Crippen molar-refractivity contribution in [1.29, 1.82) is 0 Å². The van der Waals surface area contributed by atoms with Crippen LogP contribution in [0.25, 0.3) is 0 Å². The lowest BCUT2D eigenvalue weighted by Gasteiger charge is -2.19. The molecule has 0 saturated heterocycles. The van der Waals surface area contributed by atoms with Crippen LogP contribution in [-0.4, -0.2) is 11.6 Å². The molecule has 0 aromatic rings. The van der Waals surface area contributed by atoms with E-state index in [0.717, 1.165) is 12.8 Å². The largest absolute Gasteiger partial charge is 0.300 e. The molecule has 0 unspecified atom stereocenters. The fourth-order valence-electron chi connectivity index (χ4n) is 1.82. The summed E-state index contributed by atoms with van der Waals surface area (Å²) < 4.78 is 0. The van der Waals surface area contributed by atoms with E-state index in [1.54, 1.807) is 6.92 Å². The van der Waals surface area contributed by atoms with Crippen LogP contribution in [0.2, 0.25) is 0 Å². The Morgan fingerprint density at radius 3 is 2.64 bits per heavy atom. The second kappa shape index (κ2) is 2.76. The minimum Gasteiger partial charge on any atom is -0.300 e. The van der Waals surface area contributed by atoms with Gasteiger partial charge in [-0.2, -0.15) is 0 Å². The summed E-state index contributed by atoms with van der Waals surface area (Å²) in [6.07, 6.45) is 2.96. The van der Waals surface area contributed by atoms with Crippen molar-refractivity contribution in [2.24, 2.45) is 5.41 Å². The van der Waals surface area contributed by atoms with Crippen molar-refractivity contribution in [3.05, 3.63) is 0 Å². The topological polar surface area (TPSA) is 34.1 Å². The van der Waals surface area contributed by atoms with Gasteiger partial charge in [-0.25, -0.2) is 0 Å². The molecule has 2 nitrogen and oxygen atoms in total. The average Bonchev–Trinajstić information content (AvgIpc) is 2.11. The number of Topliss-reactive ketones (excluding diaryl/α,β-unsaturated/α-hetero) is 2. The van der Waals surface area contributed by atoms with Gasteiger partial charge in [0.1, 0.15) is 11.6 Å². The second-order valence-electron chi connectivity index (χ2n) is 3.72. The monoisotopic (exact) mass is 154 g/mol. The molecule has 0 aromatic heterocycles. The van der Waals surface area contributed by atoms with Gasteiger partial charge in [0.15, 0.2) is 0 Å². The van der Waals surface area contributed by atoms with Crippen LogP contribution in [0.4, 0.5) is 0 Å². The molecule has 1 rings (SSSR count). The minimum atomic E-state index is -0.314. The molecule has 62 valence electrons. The molecule has 0 aromatic carbocycles. The van der Waals surface area contributed by atoms with Crippen molar-refractivity contribution in [3.8, 4) is 0 Å². The van der Waals surface area contributed by atoms with Crippen LogP contribution in [-0.2, 0) is 9.59 Å². The first-order chi connectivity index (χ1) is 5.04. The van der Waals surface area contributed by atoms with Crippen LogP contribution in [0.5, 0.6) is 0 Å². The molecule has 0 radical (unpaired) electrons. The standard InChI is InChI=1S/C9H14O2/c1-7(10)6-9(2)5-3-4-8(9)11/h3-6H2,1-2H3/t9-/m1/s1. The quantitative estimate of drug-likeness (QED) is 0.607. The van der Waals surface area contributed by atoms with Crippen molar-refractivity contribution in [3.63, 3.8) is 0 Å². The molecule has 0 aliphatic heterocycles. The molecule has 1 aliphatic carbocycles. The zero-order valence-electron chi connectivity index (χ0n) is 7.14. The Morgan fingerprint density at radius 2 is 2.27 bits per heavy atom. The predicted octanol–water partition coefficient (Wildman–Crippen LogP) is 1.72. The SMILES string of the molecule is CC(=O)C[C@@]1(C)CCCC1=O. The zero-order chi connectivity index (χ0) is 8.48. The van der Waals surface area contributed by atoms with E-state index in [0.29, 0.717) is 12.8 Å². The molecule has 0 N–H and O–H groups in total. The van der Waals surface area contributed by atoms with Gasteiger partial charge < -0.3 is 0 Å². The highest BCUT2D eigenvalue weighted by Gasteiger charge is 2.37. The van der Waals surface area contributed by atoms with Gasteiger partial charge in [0.05, 0.1) is 0 Å². The van der Waals surface area contributed by atoms with Crippen LogP contribution in [0.15, 0.2) is 0 Å². The van der Waals surface area contributed by atoms with E-state index >= 15 is 0 Å².